The number of nitrogens with one attached hydrogen (secondary N) is 1. The molecule has 0 bridgehead atoms. The van der Waals surface area contributed by atoms with Crippen LogP contribution in [0.5, 0.6) is 0 Å². The number of anilines is 1. The van der Waals surface area contributed by atoms with Gasteiger partial charge in [0.1, 0.15) is 34.6 Å². The SMILES string of the molecule is C[C@]12CCCN1N(Cc1ccc(F)cc1F)C(=O)C(C(=O)Nc1cc(F)c(Br)c(F)c1)=C2O. The van der Waals surface area contributed by atoms with E-state index in [2.05, 4.69) is 21.2 Å². The molecule has 2 aliphatic rings. The van der Waals surface area contributed by atoms with Crippen molar-refractivity contribution < 1.29 is 32.3 Å². The number of carbonyl (C=O) groups is 2. The molecule has 0 unspecified atom stereocenters. The molecule has 1 fully saturated rings. The van der Waals surface area contributed by atoms with Crippen molar-refractivity contribution in [2.45, 2.75) is 31.8 Å². The quantitative estimate of drug-likeness (QED) is 0.347. The summed E-state index contributed by atoms with van der Waals surface area (Å²) in [6.45, 7) is 1.67. The molecule has 0 radical (unpaired) electrons. The second-order valence-electron chi connectivity index (χ2n) is 8.03. The smallest absolute Gasteiger partial charge is 0.277 e. The highest BCUT2D eigenvalue weighted by Gasteiger charge is 2.52. The maximum atomic E-state index is 14.3. The van der Waals surface area contributed by atoms with Gasteiger partial charge in [0.05, 0.1) is 16.6 Å². The third kappa shape index (κ3) is 3.99. The van der Waals surface area contributed by atoms with Gasteiger partial charge in [-0.2, -0.15) is 0 Å². The summed E-state index contributed by atoms with van der Waals surface area (Å²) in [6, 6.07) is 4.63. The normalized spacial score (nSPS) is 20.9. The van der Waals surface area contributed by atoms with Crippen molar-refractivity contribution in [3.63, 3.8) is 0 Å². The first-order valence-electron chi connectivity index (χ1n) is 9.96. The zero-order chi connectivity index (χ0) is 24.1. The molecule has 174 valence electrons. The molecule has 2 heterocycles. The molecule has 2 amide bonds. The Labute approximate surface area is 194 Å². The molecular weight excluding hydrogens is 510 g/mol. The van der Waals surface area contributed by atoms with Crippen LogP contribution in [0.2, 0.25) is 0 Å². The van der Waals surface area contributed by atoms with Crippen LogP contribution in [0.1, 0.15) is 25.3 Å². The number of hydrogen-bond donors (Lipinski definition) is 2. The number of nitrogens with zero attached hydrogens (tertiary/aromatic N) is 2. The summed E-state index contributed by atoms with van der Waals surface area (Å²) in [6.07, 6.45) is 0.973. The molecule has 0 saturated carbocycles. The lowest BCUT2D eigenvalue weighted by Crippen LogP contribution is -2.60. The molecular formula is C22H18BrF4N3O3. The second kappa shape index (κ2) is 8.45. The lowest BCUT2D eigenvalue weighted by molar-refractivity contribution is -0.160. The van der Waals surface area contributed by atoms with Crippen LogP contribution in [0, 0.1) is 23.3 Å². The summed E-state index contributed by atoms with van der Waals surface area (Å²) in [5, 5.41) is 15.8. The van der Waals surface area contributed by atoms with Gasteiger partial charge < -0.3 is 10.4 Å². The fourth-order valence-corrected chi connectivity index (χ4v) is 4.41. The van der Waals surface area contributed by atoms with Gasteiger partial charge in [0.15, 0.2) is 0 Å². The van der Waals surface area contributed by atoms with E-state index in [1.165, 1.54) is 6.07 Å². The maximum Gasteiger partial charge on any atom is 0.277 e. The van der Waals surface area contributed by atoms with Crippen LogP contribution in [-0.4, -0.2) is 39.0 Å². The van der Waals surface area contributed by atoms with Gasteiger partial charge in [-0.25, -0.2) is 22.6 Å². The number of aliphatic hydroxyl groups is 1. The number of amides is 2. The highest BCUT2D eigenvalue weighted by Crippen LogP contribution is 2.42. The fourth-order valence-electron chi connectivity index (χ4n) is 4.18. The summed E-state index contributed by atoms with van der Waals surface area (Å²) in [5.74, 6) is -6.08. The first-order chi connectivity index (χ1) is 15.5. The molecule has 2 aliphatic heterocycles. The van der Waals surface area contributed by atoms with Gasteiger partial charge in [-0.05, 0) is 53.9 Å². The van der Waals surface area contributed by atoms with Gasteiger partial charge in [-0.3, -0.25) is 14.6 Å². The minimum atomic E-state index is -1.13. The van der Waals surface area contributed by atoms with Crippen molar-refractivity contribution in [3.05, 3.63) is 75.0 Å². The lowest BCUT2D eigenvalue weighted by atomic mass is 9.90. The second-order valence-corrected chi connectivity index (χ2v) is 8.82. The molecule has 11 heteroatoms. The number of carbonyl (C=O) groups excluding carboxylic acids is 2. The molecule has 1 saturated heterocycles. The van der Waals surface area contributed by atoms with Crippen LogP contribution in [0.15, 0.2) is 46.1 Å². The Bertz CT molecular complexity index is 1180. The maximum absolute atomic E-state index is 14.3. The number of hydrogen-bond acceptors (Lipinski definition) is 4. The van der Waals surface area contributed by atoms with E-state index in [0.717, 1.165) is 23.2 Å². The Hall–Kier alpha value is -2.92. The van der Waals surface area contributed by atoms with Crippen molar-refractivity contribution >= 4 is 33.4 Å². The monoisotopic (exact) mass is 527 g/mol. The highest BCUT2D eigenvalue weighted by molar-refractivity contribution is 9.10. The molecule has 4 rings (SSSR count). The Kier molecular flexibility index (Phi) is 5.95. The van der Waals surface area contributed by atoms with Crippen LogP contribution in [0.3, 0.4) is 0 Å². The van der Waals surface area contributed by atoms with Gasteiger partial charge >= 0.3 is 0 Å². The van der Waals surface area contributed by atoms with E-state index in [-0.39, 0.29) is 17.8 Å². The zero-order valence-corrected chi connectivity index (χ0v) is 18.8. The summed E-state index contributed by atoms with van der Waals surface area (Å²) < 4.78 is 54.9. The van der Waals surface area contributed by atoms with Crippen LogP contribution in [0.4, 0.5) is 23.2 Å². The minimum Gasteiger partial charge on any atom is -0.509 e. The molecule has 0 aromatic heterocycles. The number of halogens is 5. The van der Waals surface area contributed by atoms with Crippen LogP contribution in [-0.2, 0) is 16.1 Å². The number of benzene rings is 2. The Balaban J connectivity index is 1.71. The third-order valence-corrected chi connectivity index (χ3v) is 6.65. The molecule has 33 heavy (non-hydrogen) atoms. The Morgan fingerprint density at radius 3 is 2.45 bits per heavy atom. The van der Waals surface area contributed by atoms with E-state index in [1.54, 1.807) is 11.9 Å². The van der Waals surface area contributed by atoms with E-state index in [1.807, 2.05) is 0 Å². The number of rotatable bonds is 4. The summed E-state index contributed by atoms with van der Waals surface area (Å²) in [7, 11) is 0. The minimum absolute atomic E-state index is 0.0113. The highest BCUT2D eigenvalue weighted by atomic mass is 79.9. The average Bonchev–Trinajstić information content (AvgIpc) is 3.14. The van der Waals surface area contributed by atoms with Gasteiger partial charge in [-0.15, -0.1) is 0 Å². The van der Waals surface area contributed by atoms with Crippen LogP contribution < -0.4 is 5.32 Å². The fraction of sp³-hybridized carbons (Fsp3) is 0.273. The van der Waals surface area contributed by atoms with E-state index in [0.29, 0.717) is 25.5 Å². The van der Waals surface area contributed by atoms with E-state index in [4.69, 9.17) is 0 Å². The van der Waals surface area contributed by atoms with E-state index >= 15 is 0 Å². The topological polar surface area (TPSA) is 72.9 Å². The molecule has 2 N–H and O–H groups in total. The van der Waals surface area contributed by atoms with E-state index in [9.17, 15) is 32.3 Å². The zero-order valence-electron chi connectivity index (χ0n) is 17.3. The van der Waals surface area contributed by atoms with Gasteiger partial charge in [-0.1, -0.05) is 6.07 Å². The molecule has 0 spiro atoms. The van der Waals surface area contributed by atoms with Gasteiger partial charge in [0.25, 0.3) is 11.8 Å². The number of aliphatic hydroxyl groups excluding tert-OH is 1. The number of hydrazine groups is 1. The summed E-state index contributed by atoms with van der Waals surface area (Å²) >= 11 is 2.73. The summed E-state index contributed by atoms with van der Waals surface area (Å²) in [4.78, 5) is 26.2. The van der Waals surface area contributed by atoms with Crippen LogP contribution >= 0.6 is 15.9 Å². The first-order valence-corrected chi connectivity index (χ1v) is 10.7. The Morgan fingerprint density at radius 1 is 1.15 bits per heavy atom. The van der Waals surface area contributed by atoms with E-state index < -0.39 is 56.4 Å². The summed E-state index contributed by atoms with van der Waals surface area (Å²) in [5.41, 5.74) is -2.01. The molecule has 2 aromatic carbocycles. The largest absolute Gasteiger partial charge is 0.509 e. The molecule has 6 nitrogen and oxygen atoms in total. The van der Waals surface area contributed by atoms with Gasteiger partial charge in [0.2, 0.25) is 0 Å². The average molecular weight is 528 g/mol. The van der Waals surface area contributed by atoms with Crippen molar-refractivity contribution in [1.82, 2.24) is 10.0 Å². The van der Waals surface area contributed by atoms with Crippen molar-refractivity contribution in [2.75, 3.05) is 11.9 Å². The van der Waals surface area contributed by atoms with Crippen LogP contribution in [0.25, 0.3) is 0 Å². The number of fused-ring (bicyclic) bond motifs is 1. The standard InChI is InChI=1S/C22H18BrF4N3O3/c1-22-5-2-6-30(22)29(10-11-3-4-12(24)7-14(11)25)21(33)17(19(22)31)20(32)28-13-8-15(26)18(23)16(27)9-13/h3-4,7-9,31H,2,5-6,10H2,1H3,(H,28,32)/t22-/m1/s1. The van der Waals surface area contributed by atoms with Crippen molar-refractivity contribution in [2.24, 2.45) is 0 Å². The Morgan fingerprint density at radius 2 is 1.82 bits per heavy atom. The van der Waals surface area contributed by atoms with Gasteiger partial charge in [0, 0.05) is 23.9 Å². The molecule has 1 atom stereocenters. The predicted octanol–water partition coefficient (Wildman–Crippen LogP) is 4.57. The molecule has 0 aliphatic carbocycles. The lowest BCUT2D eigenvalue weighted by Gasteiger charge is -2.46. The predicted molar refractivity (Wildman–Crippen MR) is 114 cm³/mol. The van der Waals surface area contributed by atoms with Crippen molar-refractivity contribution in [1.29, 1.82) is 0 Å². The molecule has 2 aromatic rings. The third-order valence-electron chi connectivity index (χ3n) is 5.89. The first kappa shape index (κ1) is 23.2. The van der Waals surface area contributed by atoms with Crippen molar-refractivity contribution in [3.8, 4) is 0 Å².